The maximum absolute atomic E-state index is 10.6. The van der Waals surface area contributed by atoms with Gasteiger partial charge >= 0.3 is 5.97 Å². The minimum atomic E-state index is -0.677. The topological polar surface area (TPSA) is 37.3 Å². The van der Waals surface area contributed by atoms with Crippen LogP contribution in [0.4, 0.5) is 0 Å². The van der Waals surface area contributed by atoms with Crippen LogP contribution in [0.25, 0.3) is 0 Å². The van der Waals surface area contributed by atoms with Crippen molar-refractivity contribution in [1.29, 1.82) is 0 Å². The largest absolute Gasteiger partial charge is 0.481 e. The van der Waals surface area contributed by atoms with Crippen molar-refractivity contribution in [2.24, 2.45) is 5.92 Å². The van der Waals surface area contributed by atoms with Crippen molar-refractivity contribution in [3.8, 4) is 0 Å². The van der Waals surface area contributed by atoms with Crippen molar-refractivity contribution in [3.63, 3.8) is 0 Å². The van der Waals surface area contributed by atoms with Crippen LogP contribution < -0.4 is 0 Å². The molecule has 1 unspecified atom stereocenters. The van der Waals surface area contributed by atoms with Gasteiger partial charge in [0.05, 0.1) is 5.92 Å². The van der Waals surface area contributed by atoms with Gasteiger partial charge in [-0.1, -0.05) is 48.5 Å². The van der Waals surface area contributed by atoms with Gasteiger partial charge in [0.2, 0.25) is 0 Å². The lowest BCUT2D eigenvalue weighted by Crippen LogP contribution is -2.14. The summed E-state index contributed by atoms with van der Waals surface area (Å²) in [5.74, 6) is -0.870. The standard InChI is InChI=1S/C9H17BrO2/c1-2-3-4-5-6-8(7-10)9(11)12/h8H,2-7H2,1H3,(H,11,12). The van der Waals surface area contributed by atoms with Crippen molar-refractivity contribution < 1.29 is 9.90 Å². The van der Waals surface area contributed by atoms with Crippen LogP contribution in [0, 0.1) is 5.92 Å². The first-order valence-electron chi connectivity index (χ1n) is 4.51. The third-order valence-corrected chi connectivity index (χ3v) is 2.72. The molecule has 0 rings (SSSR count). The Bertz CT molecular complexity index is 126. The Morgan fingerprint density at radius 3 is 2.50 bits per heavy atom. The molecule has 0 saturated carbocycles. The number of carboxylic acid groups (broad SMARTS) is 1. The lowest BCUT2D eigenvalue weighted by atomic mass is 10.0. The Morgan fingerprint density at radius 2 is 2.08 bits per heavy atom. The van der Waals surface area contributed by atoms with Gasteiger partial charge in [-0.3, -0.25) is 4.79 Å². The number of hydrogen-bond donors (Lipinski definition) is 1. The summed E-state index contributed by atoms with van der Waals surface area (Å²) in [6, 6.07) is 0. The summed E-state index contributed by atoms with van der Waals surface area (Å²) in [6.07, 6.45) is 5.42. The van der Waals surface area contributed by atoms with Gasteiger partial charge in [-0.15, -0.1) is 0 Å². The molecule has 0 heterocycles. The van der Waals surface area contributed by atoms with Crippen LogP contribution in [-0.4, -0.2) is 16.4 Å². The predicted molar refractivity (Wildman–Crippen MR) is 53.7 cm³/mol. The van der Waals surface area contributed by atoms with Gasteiger partial charge in [0.15, 0.2) is 0 Å². The molecule has 0 spiro atoms. The Labute approximate surface area is 82.5 Å². The van der Waals surface area contributed by atoms with E-state index in [2.05, 4.69) is 22.9 Å². The SMILES string of the molecule is CCCCCCC(CBr)C(=O)O. The second-order valence-electron chi connectivity index (χ2n) is 3.04. The van der Waals surface area contributed by atoms with Crippen LogP contribution in [-0.2, 0) is 4.79 Å². The van der Waals surface area contributed by atoms with E-state index in [1.165, 1.54) is 12.8 Å². The zero-order valence-corrected chi connectivity index (χ0v) is 9.14. The fourth-order valence-electron chi connectivity index (χ4n) is 1.08. The smallest absolute Gasteiger partial charge is 0.307 e. The number of hydrogen-bond acceptors (Lipinski definition) is 1. The molecule has 1 N–H and O–H groups in total. The number of rotatable bonds is 7. The summed E-state index contributed by atoms with van der Waals surface area (Å²) in [7, 11) is 0. The van der Waals surface area contributed by atoms with Crippen LogP contribution in [0.5, 0.6) is 0 Å². The molecule has 0 aliphatic heterocycles. The molecule has 0 saturated heterocycles. The summed E-state index contributed by atoms with van der Waals surface area (Å²) >= 11 is 3.20. The van der Waals surface area contributed by atoms with Gasteiger partial charge in [-0.2, -0.15) is 0 Å². The summed E-state index contributed by atoms with van der Waals surface area (Å²) in [5, 5.41) is 9.28. The van der Waals surface area contributed by atoms with Crippen molar-refractivity contribution in [2.75, 3.05) is 5.33 Å². The molecule has 0 radical (unpaired) electrons. The maximum atomic E-state index is 10.6. The fraction of sp³-hybridized carbons (Fsp3) is 0.889. The van der Waals surface area contributed by atoms with Gasteiger partial charge in [-0.25, -0.2) is 0 Å². The van der Waals surface area contributed by atoms with Gasteiger partial charge in [0.25, 0.3) is 0 Å². The van der Waals surface area contributed by atoms with E-state index in [1.807, 2.05) is 0 Å². The number of aliphatic carboxylic acids is 1. The lowest BCUT2D eigenvalue weighted by molar-refractivity contribution is -0.141. The van der Waals surface area contributed by atoms with E-state index in [1.54, 1.807) is 0 Å². The number of halogens is 1. The van der Waals surface area contributed by atoms with Gasteiger partial charge in [0.1, 0.15) is 0 Å². The Hall–Kier alpha value is -0.0500. The zero-order chi connectivity index (χ0) is 9.40. The number of carbonyl (C=O) groups is 1. The summed E-state index contributed by atoms with van der Waals surface area (Å²) < 4.78 is 0. The Kier molecular flexibility index (Phi) is 7.56. The molecule has 0 aliphatic rings. The van der Waals surface area contributed by atoms with Crippen LogP contribution >= 0.6 is 15.9 Å². The fourth-order valence-corrected chi connectivity index (χ4v) is 1.68. The van der Waals surface area contributed by atoms with Crippen LogP contribution in [0.1, 0.15) is 39.0 Å². The Morgan fingerprint density at radius 1 is 1.42 bits per heavy atom. The molecule has 0 amide bonds. The summed E-state index contributed by atoms with van der Waals surface area (Å²) in [4.78, 5) is 10.6. The average Bonchev–Trinajstić information content (AvgIpc) is 2.04. The molecule has 3 heteroatoms. The minimum absolute atomic E-state index is 0.193. The molecule has 0 fully saturated rings. The van der Waals surface area contributed by atoms with Crippen LogP contribution in [0.2, 0.25) is 0 Å². The number of alkyl halides is 1. The van der Waals surface area contributed by atoms with Crippen molar-refractivity contribution in [3.05, 3.63) is 0 Å². The van der Waals surface area contributed by atoms with E-state index in [4.69, 9.17) is 5.11 Å². The first kappa shape index (κ1) is 11.9. The van der Waals surface area contributed by atoms with Gasteiger partial charge in [0, 0.05) is 5.33 Å². The third kappa shape index (κ3) is 5.58. The van der Waals surface area contributed by atoms with E-state index in [0.29, 0.717) is 5.33 Å². The number of carboxylic acids is 1. The van der Waals surface area contributed by atoms with E-state index in [-0.39, 0.29) is 5.92 Å². The molecule has 12 heavy (non-hydrogen) atoms. The monoisotopic (exact) mass is 236 g/mol. The quantitative estimate of drug-likeness (QED) is 0.545. The summed E-state index contributed by atoms with van der Waals surface area (Å²) in [5.41, 5.74) is 0. The van der Waals surface area contributed by atoms with E-state index >= 15 is 0 Å². The molecular formula is C9H17BrO2. The van der Waals surface area contributed by atoms with Crippen molar-refractivity contribution in [2.45, 2.75) is 39.0 Å². The van der Waals surface area contributed by atoms with Crippen molar-refractivity contribution >= 4 is 21.9 Å². The maximum Gasteiger partial charge on any atom is 0.307 e. The van der Waals surface area contributed by atoms with E-state index in [0.717, 1.165) is 19.3 Å². The predicted octanol–water partition coefficient (Wildman–Crippen LogP) is 3.05. The molecule has 2 nitrogen and oxygen atoms in total. The average molecular weight is 237 g/mol. The van der Waals surface area contributed by atoms with Crippen LogP contribution in [0.15, 0.2) is 0 Å². The zero-order valence-electron chi connectivity index (χ0n) is 7.55. The third-order valence-electron chi connectivity index (χ3n) is 1.94. The molecule has 0 aliphatic carbocycles. The molecule has 0 aromatic carbocycles. The first-order valence-corrected chi connectivity index (χ1v) is 5.63. The normalized spacial score (nSPS) is 12.8. The second kappa shape index (κ2) is 7.59. The van der Waals surface area contributed by atoms with Crippen LogP contribution in [0.3, 0.4) is 0 Å². The highest BCUT2D eigenvalue weighted by Gasteiger charge is 2.14. The molecule has 1 atom stereocenters. The second-order valence-corrected chi connectivity index (χ2v) is 3.69. The lowest BCUT2D eigenvalue weighted by Gasteiger charge is -2.07. The van der Waals surface area contributed by atoms with Gasteiger partial charge < -0.3 is 5.11 Å². The molecule has 0 aromatic heterocycles. The van der Waals surface area contributed by atoms with Gasteiger partial charge in [-0.05, 0) is 6.42 Å². The highest BCUT2D eigenvalue weighted by molar-refractivity contribution is 9.09. The first-order chi connectivity index (χ1) is 5.72. The van der Waals surface area contributed by atoms with E-state index < -0.39 is 5.97 Å². The molecule has 0 bridgehead atoms. The highest BCUT2D eigenvalue weighted by atomic mass is 79.9. The van der Waals surface area contributed by atoms with E-state index in [9.17, 15) is 4.79 Å². The highest BCUT2D eigenvalue weighted by Crippen LogP contribution is 2.13. The molecular weight excluding hydrogens is 220 g/mol. The minimum Gasteiger partial charge on any atom is -0.481 e. The summed E-state index contributed by atoms with van der Waals surface area (Å²) in [6.45, 7) is 2.15. The number of unbranched alkanes of at least 4 members (excludes halogenated alkanes) is 3. The van der Waals surface area contributed by atoms with Crippen molar-refractivity contribution in [1.82, 2.24) is 0 Å². The molecule has 0 aromatic rings. The Balaban J connectivity index is 3.38. The molecule has 72 valence electrons.